The van der Waals surface area contributed by atoms with Crippen LogP contribution in [-0.4, -0.2) is 65.8 Å². The van der Waals surface area contributed by atoms with Gasteiger partial charge in [-0.2, -0.15) is 0 Å². The molecule has 0 aliphatic carbocycles. The number of aliphatic hydroxyl groups excluding tert-OH is 2. The van der Waals surface area contributed by atoms with E-state index in [1.54, 1.807) is 13.8 Å². The fraction of sp³-hybridized carbons (Fsp3) is 0.440. The lowest BCUT2D eigenvalue weighted by Gasteiger charge is -2.20. The van der Waals surface area contributed by atoms with Gasteiger partial charge in [0.2, 0.25) is 0 Å². The Bertz CT molecular complexity index is 1140. The second-order valence-electron chi connectivity index (χ2n) is 8.34. The molecular formula is C25H30O8S. The first kappa shape index (κ1) is 27.3. The molecule has 1 aliphatic rings. The van der Waals surface area contributed by atoms with Gasteiger partial charge < -0.3 is 20.1 Å². The number of aliphatic hydroxyl groups is 2. The molecule has 1 aromatic rings. The molecule has 0 spiro atoms. The zero-order valence-corrected chi connectivity index (χ0v) is 20.2. The van der Waals surface area contributed by atoms with Gasteiger partial charge in [0.05, 0.1) is 11.9 Å². The number of esters is 1. The number of rotatable bonds is 3. The topological polar surface area (TPSA) is 138 Å². The minimum absolute atomic E-state index is 0.00501. The maximum Gasteiger partial charge on any atom is 0.342 e. The average molecular weight is 491 g/mol. The van der Waals surface area contributed by atoms with Gasteiger partial charge >= 0.3 is 5.97 Å². The molecule has 0 unspecified atom stereocenters. The summed E-state index contributed by atoms with van der Waals surface area (Å²) in [5.41, 5.74) is 0.533. The number of cyclic esters (lactones) is 1. The lowest BCUT2D eigenvalue weighted by molar-refractivity contribution is -0.127. The lowest BCUT2D eigenvalue weighted by atomic mass is 9.97. The van der Waals surface area contributed by atoms with Crippen LogP contribution in [0.15, 0.2) is 30.4 Å². The summed E-state index contributed by atoms with van der Waals surface area (Å²) in [7, 11) is -3.09. The number of sulfone groups is 1. The Balaban J connectivity index is 2.48. The van der Waals surface area contributed by atoms with Gasteiger partial charge in [-0.15, -0.1) is 0 Å². The van der Waals surface area contributed by atoms with E-state index >= 15 is 0 Å². The predicted octanol–water partition coefficient (Wildman–Crippen LogP) is 2.01. The molecule has 0 bridgehead atoms. The van der Waals surface area contributed by atoms with Gasteiger partial charge in [0.1, 0.15) is 33.4 Å². The second kappa shape index (κ2) is 12.0. The number of phenolic OH excluding ortho intramolecular Hbond substituents is 1. The molecule has 0 aromatic heterocycles. The van der Waals surface area contributed by atoms with Gasteiger partial charge in [-0.25, -0.2) is 13.2 Å². The maximum absolute atomic E-state index is 13.0. The van der Waals surface area contributed by atoms with Crippen molar-refractivity contribution in [2.45, 2.75) is 51.4 Å². The number of hydrogen-bond acceptors (Lipinski definition) is 8. The molecule has 1 aliphatic heterocycles. The van der Waals surface area contributed by atoms with Gasteiger partial charge in [0.25, 0.3) is 0 Å². The molecule has 9 heteroatoms. The van der Waals surface area contributed by atoms with Crippen molar-refractivity contribution in [2.75, 3.05) is 12.0 Å². The van der Waals surface area contributed by atoms with E-state index in [0.717, 1.165) is 12.3 Å². The smallest absolute Gasteiger partial charge is 0.342 e. The minimum Gasteiger partial charge on any atom is -0.507 e. The molecule has 8 nitrogen and oxygen atoms in total. The summed E-state index contributed by atoms with van der Waals surface area (Å²) < 4.78 is 28.1. The van der Waals surface area contributed by atoms with Crippen LogP contribution in [0.5, 0.6) is 5.75 Å². The number of phenols is 1. The number of ether oxygens (including phenoxy) is 1. The molecule has 34 heavy (non-hydrogen) atoms. The summed E-state index contributed by atoms with van der Waals surface area (Å²) in [6, 6.07) is 2.84. The summed E-state index contributed by atoms with van der Waals surface area (Å²) in [4.78, 5) is 25.1. The van der Waals surface area contributed by atoms with Crippen LogP contribution in [0.4, 0.5) is 0 Å². The first-order valence-electron chi connectivity index (χ1n) is 10.9. The van der Waals surface area contributed by atoms with Crippen molar-refractivity contribution in [2.24, 2.45) is 5.92 Å². The SMILES string of the molecule is C[C@@H]1/C=C\C(=O)[C@@H](O)[C@@H](O)C/C=C/c2c(C#CCCCS(C)(=O)=O)ccc(O)c2C(=O)O[C@H]1C. The number of unbranched alkanes of at least 4 members (excludes halogenated alkanes) is 1. The number of ketones is 1. The van der Waals surface area contributed by atoms with E-state index in [-0.39, 0.29) is 35.0 Å². The summed E-state index contributed by atoms with van der Waals surface area (Å²) >= 11 is 0. The van der Waals surface area contributed by atoms with Crippen molar-refractivity contribution in [3.05, 3.63) is 47.1 Å². The van der Waals surface area contributed by atoms with E-state index < -0.39 is 39.9 Å². The average Bonchev–Trinajstić information content (AvgIpc) is 2.75. The number of carbonyl (C=O) groups is 2. The molecule has 0 fully saturated rings. The number of benzene rings is 1. The Labute approximate surface area is 199 Å². The molecule has 0 saturated heterocycles. The Hall–Kier alpha value is -2.93. The van der Waals surface area contributed by atoms with Crippen LogP contribution in [-0.2, 0) is 19.4 Å². The van der Waals surface area contributed by atoms with E-state index in [4.69, 9.17) is 4.74 Å². The fourth-order valence-corrected chi connectivity index (χ4v) is 3.83. The summed E-state index contributed by atoms with van der Waals surface area (Å²) in [5, 5.41) is 30.7. The van der Waals surface area contributed by atoms with Crippen LogP contribution in [0.1, 0.15) is 54.6 Å². The Kier molecular flexibility index (Phi) is 9.62. The first-order valence-corrected chi connectivity index (χ1v) is 12.9. The van der Waals surface area contributed by atoms with Crippen molar-refractivity contribution < 1.29 is 38.1 Å². The highest BCUT2D eigenvalue weighted by atomic mass is 32.2. The zero-order valence-electron chi connectivity index (χ0n) is 19.4. The third kappa shape index (κ3) is 7.83. The summed E-state index contributed by atoms with van der Waals surface area (Å²) in [6.45, 7) is 3.35. The van der Waals surface area contributed by atoms with E-state index in [1.165, 1.54) is 30.4 Å². The molecule has 184 valence electrons. The standard InChI is InChI=1S/C25H30O8S/c1-16-11-13-22(28)24(29)21(27)10-7-9-19-18(8-5-4-6-15-34(3,31)32)12-14-20(26)23(19)25(30)33-17(16)2/h7,9,11-14,16-17,21,24,26-27,29H,4,6,10,15H2,1-3H3/b9-7+,13-11-/t16-,17+,21+,24+/m1/s1. The third-order valence-electron chi connectivity index (χ3n) is 5.38. The quantitative estimate of drug-likeness (QED) is 0.332. The van der Waals surface area contributed by atoms with Crippen LogP contribution >= 0.6 is 0 Å². The number of hydrogen-bond donors (Lipinski definition) is 3. The van der Waals surface area contributed by atoms with E-state index in [9.17, 15) is 33.3 Å². The molecule has 1 heterocycles. The maximum atomic E-state index is 13.0. The van der Waals surface area contributed by atoms with E-state index in [1.807, 2.05) is 0 Å². The van der Waals surface area contributed by atoms with Crippen molar-refractivity contribution in [1.29, 1.82) is 0 Å². The van der Waals surface area contributed by atoms with Crippen LogP contribution in [0, 0.1) is 17.8 Å². The highest BCUT2D eigenvalue weighted by Gasteiger charge is 2.25. The van der Waals surface area contributed by atoms with Crippen molar-refractivity contribution in [3.8, 4) is 17.6 Å². The van der Waals surface area contributed by atoms with Crippen LogP contribution in [0.3, 0.4) is 0 Å². The van der Waals surface area contributed by atoms with Crippen LogP contribution in [0.2, 0.25) is 0 Å². The minimum atomic E-state index is -3.09. The van der Waals surface area contributed by atoms with Gasteiger partial charge in [-0.05, 0) is 38.0 Å². The van der Waals surface area contributed by atoms with Crippen molar-refractivity contribution in [1.82, 2.24) is 0 Å². The Morgan fingerprint density at radius 2 is 1.85 bits per heavy atom. The molecule has 3 N–H and O–H groups in total. The molecule has 4 atom stereocenters. The van der Waals surface area contributed by atoms with Gasteiger partial charge in [-0.1, -0.05) is 37.0 Å². The highest BCUT2D eigenvalue weighted by molar-refractivity contribution is 7.90. The first-order chi connectivity index (χ1) is 15.9. The van der Waals surface area contributed by atoms with Gasteiger partial charge in [-0.3, -0.25) is 4.79 Å². The monoisotopic (exact) mass is 490 g/mol. The summed E-state index contributed by atoms with van der Waals surface area (Å²) in [5.74, 6) is 3.63. The number of fused-ring (bicyclic) bond motifs is 1. The lowest BCUT2D eigenvalue weighted by Crippen LogP contribution is -2.32. The molecule has 0 radical (unpaired) electrons. The van der Waals surface area contributed by atoms with Crippen LogP contribution in [0.25, 0.3) is 6.08 Å². The van der Waals surface area contributed by atoms with Crippen molar-refractivity contribution >= 4 is 27.7 Å². The van der Waals surface area contributed by atoms with Crippen LogP contribution < -0.4 is 0 Å². The molecule has 1 aromatic carbocycles. The highest BCUT2D eigenvalue weighted by Crippen LogP contribution is 2.28. The largest absolute Gasteiger partial charge is 0.507 e. The third-order valence-corrected chi connectivity index (χ3v) is 6.41. The molecule has 2 rings (SSSR count). The van der Waals surface area contributed by atoms with E-state index in [0.29, 0.717) is 18.4 Å². The molecule has 0 saturated carbocycles. The van der Waals surface area contributed by atoms with Gasteiger partial charge in [0.15, 0.2) is 5.78 Å². The van der Waals surface area contributed by atoms with Crippen molar-refractivity contribution in [3.63, 3.8) is 0 Å². The zero-order chi connectivity index (χ0) is 25.5. The summed E-state index contributed by atoms with van der Waals surface area (Å²) in [6.07, 6.45) is 3.62. The Morgan fingerprint density at radius 3 is 2.53 bits per heavy atom. The Morgan fingerprint density at radius 1 is 1.15 bits per heavy atom. The molecular weight excluding hydrogens is 460 g/mol. The van der Waals surface area contributed by atoms with Gasteiger partial charge in [0, 0.05) is 29.7 Å². The number of carbonyl (C=O) groups excluding carboxylic acids is 2. The predicted molar refractivity (Wildman–Crippen MR) is 128 cm³/mol. The fourth-order valence-electron chi connectivity index (χ4n) is 3.17. The number of aromatic hydroxyl groups is 1. The van der Waals surface area contributed by atoms with E-state index in [2.05, 4.69) is 11.8 Å². The molecule has 0 amide bonds. The normalized spacial score (nSPS) is 25.8. The second-order valence-corrected chi connectivity index (χ2v) is 10.6.